The molecule has 0 bridgehead atoms. The number of piperidine rings is 1. The molecule has 1 heterocycles. The average molecular weight is 497 g/mol. The van der Waals surface area contributed by atoms with Crippen molar-refractivity contribution in [1.29, 1.82) is 0 Å². The van der Waals surface area contributed by atoms with Gasteiger partial charge in [-0.25, -0.2) is 0 Å². The van der Waals surface area contributed by atoms with Crippen molar-refractivity contribution >= 4 is 17.7 Å². The van der Waals surface area contributed by atoms with Crippen LogP contribution in [0.3, 0.4) is 0 Å². The number of likely N-dealkylation sites (tertiary alicyclic amines) is 1. The maximum absolute atomic E-state index is 13.0. The first kappa shape index (κ1) is 27.4. The number of ketones is 1. The molecule has 36 heavy (non-hydrogen) atoms. The number of amides is 1. The highest BCUT2D eigenvalue weighted by molar-refractivity contribution is 5.91. The van der Waals surface area contributed by atoms with Gasteiger partial charge >= 0.3 is 5.97 Å². The van der Waals surface area contributed by atoms with Crippen molar-refractivity contribution in [3.63, 3.8) is 0 Å². The van der Waals surface area contributed by atoms with Gasteiger partial charge in [-0.2, -0.15) is 0 Å². The van der Waals surface area contributed by atoms with Gasteiger partial charge in [-0.15, -0.1) is 0 Å². The average Bonchev–Trinajstić information content (AvgIpc) is 2.89. The van der Waals surface area contributed by atoms with Crippen LogP contribution in [-0.2, 0) is 32.1 Å². The molecule has 0 spiro atoms. The van der Waals surface area contributed by atoms with E-state index in [1.54, 1.807) is 14.0 Å². The first-order valence-corrected chi connectivity index (χ1v) is 12.4. The molecule has 2 aromatic carbocycles. The lowest BCUT2D eigenvalue weighted by molar-refractivity contribution is -0.151. The number of hydrogen-bond acceptors (Lipinski definition) is 7. The number of hydrogen-bond donors (Lipinski definition) is 2. The molecule has 1 aliphatic heterocycles. The lowest BCUT2D eigenvalue weighted by Crippen LogP contribution is -2.47. The highest BCUT2D eigenvalue weighted by atomic mass is 16.5. The monoisotopic (exact) mass is 496 g/mol. The van der Waals surface area contributed by atoms with Gasteiger partial charge in [0.1, 0.15) is 12.4 Å². The van der Waals surface area contributed by atoms with E-state index < -0.39 is 17.9 Å². The van der Waals surface area contributed by atoms with Crippen LogP contribution in [0.2, 0.25) is 0 Å². The summed E-state index contributed by atoms with van der Waals surface area (Å²) in [4.78, 5) is 40.4. The number of benzene rings is 2. The van der Waals surface area contributed by atoms with E-state index in [9.17, 15) is 19.5 Å². The Morgan fingerprint density at radius 2 is 1.69 bits per heavy atom. The van der Waals surface area contributed by atoms with Crippen molar-refractivity contribution in [2.24, 2.45) is 5.92 Å². The summed E-state index contributed by atoms with van der Waals surface area (Å²) in [5.74, 6) is -0.901. The van der Waals surface area contributed by atoms with Gasteiger partial charge in [0.05, 0.1) is 31.7 Å². The van der Waals surface area contributed by atoms with Crippen molar-refractivity contribution in [3.8, 4) is 5.75 Å². The zero-order chi connectivity index (χ0) is 25.9. The van der Waals surface area contributed by atoms with Crippen LogP contribution in [0.4, 0.5) is 0 Å². The summed E-state index contributed by atoms with van der Waals surface area (Å²) in [6, 6.07) is 16.0. The molecule has 2 aromatic rings. The maximum Gasteiger partial charge on any atom is 0.310 e. The van der Waals surface area contributed by atoms with Gasteiger partial charge in [0, 0.05) is 19.5 Å². The second-order valence-corrected chi connectivity index (χ2v) is 9.31. The smallest absolute Gasteiger partial charge is 0.310 e. The Balaban J connectivity index is 1.59. The van der Waals surface area contributed by atoms with Gasteiger partial charge in [-0.3, -0.25) is 19.3 Å². The van der Waals surface area contributed by atoms with Crippen LogP contribution in [0.25, 0.3) is 0 Å². The number of methoxy groups -OCH3 is 1. The summed E-state index contributed by atoms with van der Waals surface area (Å²) in [7, 11) is 1.59. The van der Waals surface area contributed by atoms with Crippen molar-refractivity contribution in [1.82, 2.24) is 10.2 Å². The van der Waals surface area contributed by atoms with E-state index in [2.05, 4.69) is 5.32 Å². The lowest BCUT2D eigenvalue weighted by atomic mass is 9.92. The summed E-state index contributed by atoms with van der Waals surface area (Å²) in [6.45, 7) is 3.24. The molecule has 0 unspecified atom stereocenters. The van der Waals surface area contributed by atoms with Gasteiger partial charge in [0.25, 0.3) is 0 Å². The number of rotatable bonds is 12. The lowest BCUT2D eigenvalue weighted by Gasteiger charge is -2.29. The van der Waals surface area contributed by atoms with E-state index >= 15 is 0 Å². The topological polar surface area (TPSA) is 105 Å². The summed E-state index contributed by atoms with van der Waals surface area (Å²) in [5, 5.41) is 12.4. The fourth-order valence-corrected chi connectivity index (χ4v) is 4.20. The molecule has 0 saturated carbocycles. The van der Waals surface area contributed by atoms with E-state index in [0.29, 0.717) is 38.1 Å². The third-order valence-electron chi connectivity index (χ3n) is 6.43. The Labute approximate surface area is 212 Å². The Morgan fingerprint density at radius 1 is 1.03 bits per heavy atom. The van der Waals surface area contributed by atoms with Crippen molar-refractivity contribution in [3.05, 3.63) is 65.7 Å². The second-order valence-electron chi connectivity index (χ2n) is 9.31. The summed E-state index contributed by atoms with van der Waals surface area (Å²) in [6.07, 6.45) is 1.26. The minimum atomic E-state index is -0.729. The van der Waals surface area contributed by atoms with E-state index in [1.165, 1.54) is 0 Å². The largest absolute Gasteiger partial charge is 0.497 e. The molecule has 1 fully saturated rings. The predicted octanol–water partition coefficient (Wildman–Crippen LogP) is 2.52. The molecule has 1 saturated heterocycles. The van der Waals surface area contributed by atoms with Crippen molar-refractivity contribution in [2.45, 2.75) is 51.4 Å². The van der Waals surface area contributed by atoms with Crippen molar-refractivity contribution < 1.29 is 29.0 Å². The summed E-state index contributed by atoms with van der Waals surface area (Å²) < 4.78 is 10.7. The molecule has 0 aromatic heterocycles. The van der Waals surface area contributed by atoms with E-state index in [0.717, 1.165) is 11.1 Å². The molecule has 194 valence electrons. The molecule has 3 rings (SSSR count). The number of aliphatic hydroxyl groups is 1. The summed E-state index contributed by atoms with van der Waals surface area (Å²) in [5.41, 5.74) is 1.75. The van der Waals surface area contributed by atoms with Crippen LogP contribution in [0.1, 0.15) is 37.3 Å². The summed E-state index contributed by atoms with van der Waals surface area (Å²) >= 11 is 0. The van der Waals surface area contributed by atoms with Gasteiger partial charge in [0.15, 0.2) is 5.78 Å². The highest BCUT2D eigenvalue weighted by Gasteiger charge is 2.28. The predicted molar refractivity (Wildman–Crippen MR) is 135 cm³/mol. The first-order valence-electron chi connectivity index (χ1n) is 12.4. The number of esters is 1. The quantitative estimate of drug-likeness (QED) is 0.435. The molecule has 1 aliphatic rings. The van der Waals surface area contributed by atoms with Gasteiger partial charge in [0.2, 0.25) is 5.91 Å². The SMILES string of the molecule is COc1ccc(C[C@H](CC(=O)[C@H](C)NC(=O)CN2CCC(O)CC2)C(=O)OCc2ccccc2)cc1. The van der Waals surface area contributed by atoms with Crippen LogP contribution >= 0.6 is 0 Å². The number of carbonyl (C=O) groups excluding carboxylic acids is 3. The number of Topliss-reactive ketones (excluding diaryl/α,β-unsaturated/α-hetero) is 1. The number of aliphatic hydroxyl groups excluding tert-OH is 1. The van der Waals surface area contributed by atoms with Crippen LogP contribution in [-0.4, -0.2) is 66.6 Å². The molecule has 8 heteroatoms. The molecule has 0 aliphatic carbocycles. The minimum absolute atomic E-state index is 0.0446. The zero-order valence-corrected chi connectivity index (χ0v) is 21.0. The van der Waals surface area contributed by atoms with Gasteiger partial charge in [-0.05, 0) is 49.4 Å². The third-order valence-corrected chi connectivity index (χ3v) is 6.43. The third kappa shape index (κ3) is 8.77. The van der Waals surface area contributed by atoms with Crippen LogP contribution in [0.5, 0.6) is 5.75 Å². The molecule has 2 atom stereocenters. The fraction of sp³-hybridized carbons (Fsp3) is 0.464. The van der Waals surface area contributed by atoms with Gasteiger partial charge < -0.3 is 19.9 Å². The number of ether oxygens (including phenoxy) is 2. The van der Waals surface area contributed by atoms with Crippen LogP contribution in [0, 0.1) is 5.92 Å². The number of carbonyl (C=O) groups is 3. The molecule has 0 radical (unpaired) electrons. The Bertz CT molecular complexity index is 987. The molecule has 1 amide bonds. The molecular weight excluding hydrogens is 460 g/mol. The molecular formula is C28H36N2O6. The standard InChI is InChI=1S/C28H36N2O6/c1-20(29-27(33)18-30-14-12-24(31)13-15-30)26(32)17-23(16-21-8-10-25(35-2)11-9-21)28(34)36-19-22-6-4-3-5-7-22/h3-11,20,23-24,31H,12-19H2,1-2H3,(H,29,33)/t20-,23+/m0/s1. The first-order chi connectivity index (χ1) is 17.3. The number of nitrogens with one attached hydrogen (secondary N) is 1. The Kier molecular flexibility index (Phi) is 10.5. The highest BCUT2D eigenvalue weighted by Crippen LogP contribution is 2.19. The van der Waals surface area contributed by atoms with Crippen LogP contribution in [0.15, 0.2) is 54.6 Å². The van der Waals surface area contributed by atoms with Gasteiger partial charge in [-0.1, -0.05) is 42.5 Å². The normalized spacial score (nSPS) is 16.1. The van der Waals surface area contributed by atoms with Crippen LogP contribution < -0.4 is 10.1 Å². The van der Waals surface area contributed by atoms with E-state index in [-0.39, 0.29) is 37.4 Å². The van der Waals surface area contributed by atoms with Crippen molar-refractivity contribution in [2.75, 3.05) is 26.7 Å². The van der Waals surface area contributed by atoms with E-state index in [1.807, 2.05) is 59.5 Å². The molecule has 2 N–H and O–H groups in total. The molecule has 8 nitrogen and oxygen atoms in total. The fourth-order valence-electron chi connectivity index (χ4n) is 4.20. The maximum atomic E-state index is 13.0. The second kappa shape index (κ2) is 13.8. The number of nitrogens with zero attached hydrogens (tertiary/aromatic N) is 1. The minimum Gasteiger partial charge on any atom is -0.497 e. The Hall–Kier alpha value is -3.23. The van der Waals surface area contributed by atoms with E-state index in [4.69, 9.17) is 9.47 Å². The zero-order valence-electron chi connectivity index (χ0n) is 21.0. The Morgan fingerprint density at radius 3 is 2.33 bits per heavy atom.